The van der Waals surface area contributed by atoms with Crippen molar-refractivity contribution in [2.75, 3.05) is 19.6 Å². The van der Waals surface area contributed by atoms with Crippen LogP contribution in [-0.2, 0) is 0 Å². The van der Waals surface area contributed by atoms with Crippen molar-refractivity contribution >= 4 is 5.91 Å². The van der Waals surface area contributed by atoms with Crippen molar-refractivity contribution in [3.8, 4) is 5.69 Å². The summed E-state index contributed by atoms with van der Waals surface area (Å²) < 4.78 is 1.78. The van der Waals surface area contributed by atoms with Crippen molar-refractivity contribution in [1.82, 2.24) is 19.7 Å². The molecule has 0 bridgehead atoms. The lowest BCUT2D eigenvalue weighted by Crippen LogP contribution is -2.30. The Bertz CT molecular complexity index is 737. The second-order valence-electron chi connectivity index (χ2n) is 6.75. The highest BCUT2D eigenvalue weighted by Crippen LogP contribution is 2.23. The minimum absolute atomic E-state index is 0.102. The third kappa shape index (κ3) is 3.06. The summed E-state index contributed by atoms with van der Waals surface area (Å²) in [7, 11) is 0. The SMILES string of the molecule is Cc1nc(C(=O)N2CCC(CN)C2)nn1-c1ccccc1C(C)C. The lowest BCUT2D eigenvalue weighted by atomic mass is 10.0. The van der Waals surface area contributed by atoms with Gasteiger partial charge in [0.1, 0.15) is 5.82 Å². The number of para-hydroxylation sites is 1. The number of carbonyl (C=O) groups is 1. The molecular formula is C18H25N5O. The molecule has 6 heteroatoms. The van der Waals surface area contributed by atoms with E-state index in [1.165, 1.54) is 5.56 Å². The number of aryl methyl sites for hydroxylation is 1. The molecular weight excluding hydrogens is 302 g/mol. The molecule has 6 nitrogen and oxygen atoms in total. The smallest absolute Gasteiger partial charge is 0.293 e. The van der Waals surface area contributed by atoms with Crippen LogP contribution in [0.4, 0.5) is 0 Å². The summed E-state index contributed by atoms with van der Waals surface area (Å²) in [5.74, 6) is 1.64. The van der Waals surface area contributed by atoms with Crippen LogP contribution in [0.25, 0.3) is 5.69 Å². The van der Waals surface area contributed by atoms with Crippen molar-refractivity contribution in [3.05, 3.63) is 41.5 Å². The minimum atomic E-state index is -0.102. The van der Waals surface area contributed by atoms with Crippen LogP contribution in [0.2, 0.25) is 0 Å². The van der Waals surface area contributed by atoms with Crippen LogP contribution in [0, 0.1) is 12.8 Å². The summed E-state index contributed by atoms with van der Waals surface area (Å²) in [5.41, 5.74) is 7.88. The molecule has 0 spiro atoms. The second-order valence-corrected chi connectivity index (χ2v) is 6.75. The zero-order chi connectivity index (χ0) is 17.3. The van der Waals surface area contributed by atoms with E-state index >= 15 is 0 Å². The highest BCUT2D eigenvalue weighted by Gasteiger charge is 2.29. The van der Waals surface area contributed by atoms with E-state index in [-0.39, 0.29) is 11.7 Å². The van der Waals surface area contributed by atoms with Crippen LogP contribution < -0.4 is 5.73 Å². The number of likely N-dealkylation sites (tertiary alicyclic amines) is 1. The van der Waals surface area contributed by atoms with Crippen LogP contribution in [0.3, 0.4) is 0 Å². The molecule has 1 aliphatic heterocycles. The fourth-order valence-corrected chi connectivity index (χ4v) is 3.23. The van der Waals surface area contributed by atoms with Gasteiger partial charge in [0.15, 0.2) is 0 Å². The van der Waals surface area contributed by atoms with Crippen LogP contribution in [-0.4, -0.2) is 45.2 Å². The Morgan fingerprint density at radius 1 is 1.38 bits per heavy atom. The number of hydrogen-bond acceptors (Lipinski definition) is 4. The molecule has 1 aliphatic rings. The monoisotopic (exact) mass is 327 g/mol. The number of hydrogen-bond donors (Lipinski definition) is 1. The van der Waals surface area contributed by atoms with E-state index in [0.29, 0.717) is 24.9 Å². The first-order chi connectivity index (χ1) is 11.5. The zero-order valence-corrected chi connectivity index (χ0v) is 14.6. The topological polar surface area (TPSA) is 77.0 Å². The van der Waals surface area contributed by atoms with E-state index in [9.17, 15) is 4.79 Å². The van der Waals surface area contributed by atoms with E-state index in [1.54, 1.807) is 4.68 Å². The molecule has 1 fully saturated rings. The standard InChI is InChI=1S/C18H25N5O/c1-12(2)15-6-4-5-7-16(15)23-13(3)20-17(21-23)18(24)22-9-8-14(10-19)11-22/h4-7,12,14H,8-11,19H2,1-3H3. The molecule has 2 N–H and O–H groups in total. The Kier molecular flexibility index (Phi) is 4.66. The van der Waals surface area contributed by atoms with Gasteiger partial charge in [0.2, 0.25) is 5.82 Å². The van der Waals surface area contributed by atoms with Crippen molar-refractivity contribution in [1.29, 1.82) is 0 Å². The van der Waals surface area contributed by atoms with Gasteiger partial charge in [0.25, 0.3) is 5.91 Å². The van der Waals surface area contributed by atoms with Crippen LogP contribution in [0.5, 0.6) is 0 Å². The number of nitrogens with two attached hydrogens (primary N) is 1. The highest BCUT2D eigenvalue weighted by atomic mass is 16.2. The van der Waals surface area contributed by atoms with E-state index in [2.05, 4.69) is 30.0 Å². The first kappa shape index (κ1) is 16.6. The Balaban J connectivity index is 1.90. The molecule has 0 radical (unpaired) electrons. The van der Waals surface area contributed by atoms with E-state index in [1.807, 2.05) is 30.0 Å². The third-order valence-corrected chi connectivity index (χ3v) is 4.65. The van der Waals surface area contributed by atoms with E-state index in [0.717, 1.165) is 24.5 Å². The quantitative estimate of drug-likeness (QED) is 0.933. The molecule has 1 aromatic carbocycles. The molecule has 24 heavy (non-hydrogen) atoms. The lowest BCUT2D eigenvalue weighted by Gasteiger charge is -2.14. The molecule has 0 saturated carbocycles. The normalized spacial score (nSPS) is 17.7. The van der Waals surface area contributed by atoms with Gasteiger partial charge < -0.3 is 10.6 Å². The van der Waals surface area contributed by atoms with Crippen molar-refractivity contribution in [2.45, 2.75) is 33.1 Å². The van der Waals surface area contributed by atoms with Gasteiger partial charge in [-0.15, -0.1) is 5.10 Å². The molecule has 1 atom stereocenters. The second kappa shape index (κ2) is 6.73. The summed E-state index contributed by atoms with van der Waals surface area (Å²) in [5, 5.41) is 4.50. The Labute approximate surface area is 142 Å². The molecule has 2 aromatic rings. The van der Waals surface area contributed by atoms with Gasteiger partial charge in [-0.25, -0.2) is 9.67 Å². The maximum absolute atomic E-state index is 12.7. The molecule has 1 saturated heterocycles. The number of benzene rings is 1. The van der Waals surface area contributed by atoms with Crippen molar-refractivity contribution < 1.29 is 4.79 Å². The molecule has 1 unspecified atom stereocenters. The summed E-state index contributed by atoms with van der Waals surface area (Å²) in [4.78, 5) is 18.9. The highest BCUT2D eigenvalue weighted by molar-refractivity contribution is 5.90. The van der Waals surface area contributed by atoms with Crippen molar-refractivity contribution in [3.63, 3.8) is 0 Å². The van der Waals surface area contributed by atoms with Crippen LogP contribution >= 0.6 is 0 Å². The fourth-order valence-electron chi connectivity index (χ4n) is 3.23. The van der Waals surface area contributed by atoms with Gasteiger partial charge in [0, 0.05) is 13.1 Å². The van der Waals surface area contributed by atoms with E-state index < -0.39 is 0 Å². The average Bonchev–Trinajstić information content (AvgIpc) is 3.20. The molecule has 0 aliphatic carbocycles. The number of amides is 1. The Hall–Kier alpha value is -2.21. The lowest BCUT2D eigenvalue weighted by molar-refractivity contribution is 0.0775. The van der Waals surface area contributed by atoms with Crippen LogP contribution in [0.1, 0.15) is 48.2 Å². The van der Waals surface area contributed by atoms with Gasteiger partial charge >= 0.3 is 0 Å². The molecule has 1 aromatic heterocycles. The third-order valence-electron chi connectivity index (χ3n) is 4.65. The molecule has 128 valence electrons. The van der Waals surface area contributed by atoms with Gasteiger partial charge in [-0.3, -0.25) is 4.79 Å². The molecule has 1 amide bonds. The number of rotatable bonds is 4. The largest absolute Gasteiger partial charge is 0.336 e. The number of nitrogens with zero attached hydrogens (tertiary/aromatic N) is 4. The first-order valence-electron chi connectivity index (χ1n) is 8.53. The first-order valence-corrected chi connectivity index (χ1v) is 8.53. The van der Waals surface area contributed by atoms with Crippen LogP contribution in [0.15, 0.2) is 24.3 Å². The summed E-state index contributed by atoms with van der Waals surface area (Å²) >= 11 is 0. The number of carbonyl (C=O) groups excluding carboxylic acids is 1. The summed E-state index contributed by atoms with van der Waals surface area (Å²) in [6.45, 7) is 8.23. The molecule has 3 rings (SSSR count). The maximum Gasteiger partial charge on any atom is 0.293 e. The van der Waals surface area contributed by atoms with Crippen molar-refractivity contribution in [2.24, 2.45) is 11.7 Å². The minimum Gasteiger partial charge on any atom is -0.336 e. The fraction of sp³-hybridized carbons (Fsp3) is 0.500. The van der Waals surface area contributed by atoms with Gasteiger partial charge in [-0.2, -0.15) is 0 Å². The van der Waals surface area contributed by atoms with E-state index in [4.69, 9.17) is 5.73 Å². The summed E-state index contributed by atoms with van der Waals surface area (Å²) in [6.07, 6.45) is 0.956. The van der Waals surface area contributed by atoms with Gasteiger partial charge in [-0.05, 0) is 43.4 Å². The summed E-state index contributed by atoms with van der Waals surface area (Å²) in [6, 6.07) is 8.12. The average molecular weight is 327 g/mol. The Morgan fingerprint density at radius 2 is 2.12 bits per heavy atom. The Morgan fingerprint density at radius 3 is 2.79 bits per heavy atom. The van der Waals surface area contributed by atoms with Gasteiger partial charge in [-0.1, -0.05) is 32.0 Å². The number of aromatic nitrogens is 3. The predicted molar refractivity (Wildman–Crippen MR) is 93.2 cm³/mol. The zero-order valence-electron chi connectivity index (χ0n) is 14.6. The molecule has 2 heterocycles. The predicted octanol–water partition coefficient (Wildman–Crippen LogP) is 2.12. The maximum atomic E-state index is 12.7. The van der Waals surface area contributed by atoms with Gasteiger partial charge in [0.05, 0.1) is 5.69 Å².